The van der Waals surface area contributed by atoms with Crippen LogP contribution in [0.25, 0.3) is 0 Å². The molecule has 0 radical (unpaired) electrons. The molecule has 1 atom stereocenters. The predicted octanol–water partition coefficient (Wildman–Crippen LogP) is 4.05. The van der Waals surface area contributed by atoms with Crippen molar-refractivity contribution in [3.8, 4) is 11.5 Å². The van der Waals surface area contributed by atoms with Crippen molar-refractivity contribution in [1.82, 2.24) is 10.2 Å². The summed E-state index contributed by atoms with van der Waals surface area (Å²) >= 11 is 5.62. The molecular formula is C20H23FN2O2S. The summed E-state index contributed by atoms with van der Waals surface area (Å²) in [6.45, 7) is 1.47. The van der Waals surface area contributed by atoms with Gasteiger partial charge in [-0.25, -0.2) is 4.39 Å². The summed E-state index contributed by atoms with van der Waals surface area (Å²) in [4.78, 5) is 2.20. The Bertz CT molecular complexity index is 767. The fourth-order valence-electron chi connectivity index (χ4n) is 3.31. The van der Waals surface area contributed by atoms with Crippen molar-refractivity contribution in [3.05, 3.63) is 59.4 Å². The summed E-state index contributed by atoms with van der Waals surface area (Å²) in [6, 6.07) is 12.5. The molecule has 0 aliphatic carbocycles. The summed E-state index contributed by atoms with van der Waals surface area (Å²) in [5, 5.41) is 3.99. The van der Waals surface area contributed by atoms with Gasteiger partial charge in [-0.1, -0.05) is 12.1 Å². The molecule has 0 unspecified atom stereocenters. The van der Waals surface area contributed by atoms with Crippen molar-refractivity contribution in [1.29, 1.82) is 0 Å². The molecule has 2 aromatic carbocycles. The number of rotatable bonds is 5. The maximum Gasteiger partial charge on any atom is 0.169 e. The summed E-state index contributed by atoms with van der Waals surface area (Å²) in [5.41, 5.74) is 2.10. The van der Waals surface area contributed by atoms with E-state index in [1.54, 1.807) is 26.4 Å². The minimum absolute atomic E-state index is 0.170. The first-order valence-corrected chi connectivity index (χ1v) is 9.04. The van der Waals surface area contributed by atoms with E-state index < -0.39 is 0 Å². The van der Waals surface area contributed by atoms with Gasteiger partial charge in [-0.15, -0.1) is 0 Å². The molecule has 0 bridgehead atoms. The lowest BCUT2D eigenvalue weighted by Crippen LogP contribution is -2.39. The SMILES string of the molecule is COc1ccc([C@@H]2CCCN2C(=S)NCc2ccc(F)cc2)c(OC)c1. The van der Waals surface area contributed by atoms with Gasteiger partial charge in [-0.2, -0.15) is 0 Å². The Morgan fingerprint density at radius 3 is 2.65 bits per heavy atom. The Morgan fingerprint density at radius 2 is 1.96 bits per heavy atom. The first kappa shape index (κ1) is 18.5. The number of ether oxygens (including phenoxy) is 2. The van der Waals surface area contributed by atoms with Crippen molar-refractivity contribution < 1.29 is 13.9 Å². The monoisotopic (exact) mass is 374 g/mol. The van der Waals surface area contributed by atoms with Crippen LogP contribution in [-0.2, 0) is 6.54 Å². The van der Waals surface area contributed by atoms with Crippen LogP contribution >= 0.6 is 12.2 Å². The molecule has 138 valence electrons. The van der Waals surface area contributed by atoms with Gasteiger partial charge >= 0.3 is 0 Å². The normalized spacial score (nSPS) is 16.4. The molecule has 1 aliphatic heterocycles. The lowest BCUT2D eigenvalue weighted by atomic mass is 10.0. The lowest BCUT2D eigenvalue weighted by molar-refractivity contribution is 0.357. The molecule has 26 heavy (non-hydrogen) atoms. The Balaban J connectivity index is 1.71. The molecule has 1 N–H and O–H groups in total. The first-order valence-electron chi connectivity index (χ1n) is 8.63. The predicted molar refractivity (Wildman–Crippen MR) is 104 cm³/mol. The van der Waals surface area contributed by atoms with Crippen LogP contribution in [0, 0.1) is 5.82 Å². The number of hydrogen-bond donors (Lipinski definition) is 1. The zero-order chi connectivity index (χ0) is 18.5. The molecular weight excluding hydrogens is 351 g/mol. The van der Waals surface area contributed by atoms with E-state index in [1.807, 2.05) is 18.2 Å². The van der Waals surface area contributed by atoms with Gasteiger partial charge in [0.05, 0.1) is 20.3 Å². The van der Waals surface area contributed by atoms with Crippen LogP contribution in [0.15, 0.2) is 42.5 Å². The molecule has 6 heteroatoms. The third kappa shape index (κ3) is 4.07. The van der Waals surface area contributed by atoms with E-state index in [9.17, 15) is 4.39 Å². The maximum absolute atomic E-state index is 13.0. The number of thiocarbonyl (C=S) groups is 1. The van der Waals surface area contributed by atoms with Crippen molar-refractivity contribution in [2.75, 3.05) is 20.8 Å². The second kappa shape index (κ2) is 8.36. The highest BCUT2D eigenvalue weighted by Crippen LogP contribution is 2.38. The largest absolute Gasteiger partial charge is 0.497 e. The fourth-order valence-corrected chi connectivity index (χ4v) is 3.60. The van der Waals surface area contributed by atoms with Gasteiger partial charge in [0.25, 0.3) is 0 Å². The van der Waals surface area contributed by atoms with E-state index in [0.717, 1.165) is 42.0 Å². The lowest BCUT2D eigenvalue weighted by Gasteiger charge is -2.29. The number of nitrogens with zero attached hydrogens (tertiary/aromatic N) is 1. The first-order chi connectivity index (χ1) is 12.6. The van der Waals surface area contributed by atoms with E-state index in [1.165, 1.54) is 12.1 Å². The van der Waals surface area contributed by atoms with E-state index in [-0.39, 0.29) is 11.9 Å². The van der Waals surface area contributed by atoms with Crippen LogP contribution in [0.1, 0.15) is 30.0 Å². The summed E-state index contributed by atoms with van der Waals surface area (Å²) in [6.07, 6.45) is 2.08. The average Bonchev–Trinajstić information content (AvgIpc) is 3.16. The Hall–Kier alpha value is -2.34. The highest BCUT2D eigenvalue weighted by atomic mass is 32.1. The summed E-state index contributed by atoms with van der Waals surface area (Å²) in [7, 11) is 3.31. The van der Waals surface area contributed by atoms with Crippen molar-refractivity contribution in [2.45, 2.75) is 25.4 Å². The van der Waals surface area contributed by atoms with Gasteiger partial charge in [0.1, 0.15) is 17.3 Å². The quantitative estimate of drug-likeness (QED) is 0.799. The Morgan fingerprint density at radius 1 is 1.19 bits per heavy atom. The highest BCUT2D eigenvalue weighted by Gasteiger charge is 2.30. The van der Waals surface area contributed by atoms with E-state index in [4.69, 9.17) is 21.7 Å². The minimum Gasteiger partial charge on any atom is -0.497 e. The number of halogens is 1. The van der Waals surface area contributed by atoms with Gasteiger partial charge in [0.2, 0.25) is 0 Å². The van der Waals surface area contributed by atoms with Crippen LogP contribution in [0.3, 0.4) is 0 Å². The number of hydrogen-bond acceptors (Lipinski definition) is 3. The van der Waals surface area contributed by atoms with Gasteiger partial charge in [0.15, 0.2) is 5.11 Å². The van der Waals surface area contributed by atoms with Crippen LogP contribution in [-0.4, -0.2) is 30.8 Å². The summed E-state index contributed by atoms with van der Waals surface area (Å²) in [5.74, 6) is 1.34. The molecule has 2 aromatic rings. The highest BCUT2D eigenvalue weighted by molar-refractivity contribution is 7.80. The zero-order valence-corrected chi connectivity index (χ0v) is 15.8. The van der Waals surface area contributed by atoms with Crippen LogP contribution < -0.4 is 14.8 Å². The fraction of sp³-hybridized carbons (Fsp3) is 0.350. The average molecular weight is 374 g/mol. The third-order valence-corrected chi connectivity index (χ3v) is 5.05. The minimum atomic E-state index is -0.234. The van der Waals surface area contributed by atoms with E-state index in [0.29, 0.717) is 11.7 Å². The molecule has 1 fully saturated rings. The topological polar surface area (TPSA) is 33.7 Å². The molecule has 0 spiro atoms. The van der Waals surface area contributed by atoms with Crippen LogP contribution in [0.4, 0.5) is 4.39 Å². The number of likely N-dealkylation sites (tertiary alicyclic amines) is 1. The molecule has 1 heterocycles. The van der Waals surface area contributed by atoms with Gasteiger partial charge in [0, 0.05) is 24.7 Å². The second-order valence-corrected chi connectivity index (χ2v) is 6.63. The van der Waals surface area contributed by atoms with E-state index >= 15 is 0 Å². The zero-order valence-electron chi connectivity index (χ0n) is 15.0. The van der Waals surface area contributed by atoms with Crippen LogP contribution in [0.2, 0.25) is 0 Å². The molecule has 3 rings (SSSR count). The number of nitrogens with one attached hydrogen (secondary N) is 1. The van der Waals surface area contributed by atoms with Crippen molar-refractivity contribution >= 4 is 17.3 Å². The number of benzene rings is 2. The third-order valence-electron chi connectivity index (χ3n) is 4.67. The second-order valence-electron chi connectivity index (χ2n) is 6.24. The van der Waals surface area contributed by atoms with E-state index in [2.05, 4.69) is 10.2 Å². The van der Waals surface area contributed by atoms with Gasteiger partial charge in [-0.3, -0.25) is 0 Å². The van der Waals surface area contributed by atoms with Crippen molar-refractivity contribution in [2.24, 2.45) is 0 Å². The van der Waals surface area contributed by atoms with Gasteiger partial charge < -0.3 is 19.7 Å². The molecule has 0 amide bonds. The maximum atomic E-state index is 13.0. The molecule has 4 nitrogen and oxygen atoms in total. The molecule has 0 saturated carbocycles. The number of methoxy groups -OCH3 is 2. The Kier molecular flexibility index (Phi) is 5.93. The van der Waals surface area contributed by atoms with Crippen LogP contribution in [0.5, 0.6) is 11.5 Å². The van der Waals surface area contributed by atoms with Crippen molar-refractivity contribution in [3.63, 3.8) is 0 Å². The Labute approximate surface area is 158 Å². The molecule has 1 saturated heterocycles. The smallest absolute Gasteiger partial charge is 0.169 e. The molecule has 1 aliphatic rings. The van der Waals surface area contributed by atoms with Gasteiger partial charge in [-0.05, 0) is 54.9 Å². The standard InChI is InChI=1S/C20H23FN2O2S/c1-24-16-9-10-17(19(12-16)25-2)18-4-3-11-23(18)20(26)22-13-14-5-7-15(21)8-6-14/h5-10,12,18H,3-4,11,13H2,1-2H3,(H,22,26)/t18-/m0/s1. The summed E-state index contributed by atoms with van der Waals surface area (Å²) < 4.78 is 23.9. The molecule has 0 aromatic heterocycles.